The van der Waals surface area contributed by atoms with Gasteiger partial charge in [0.25, 0.3) is 0 Å². The maximum atomic E-state index is 14.4. The first kappa shape index (κ1) is 34.7. The maximum absolute atomic E-state index is 14.4. The normalized spacial score (nSPS) is 54.8. The lowest BCUT2D eigenvalue weighted by molar-refractivity contribution is -0.297. The quantitative estimate of drug-likeness (QED) is 0.177. The molecule has 1 saturated heterocycles. The molecule has 6 aliphatic rings. The standard InChI is InChI=1S/C36H58O10/c1-31(2)11-13-36(30(44)46-29-27(42)26(41)25(40)22(17-37)45-29)14-12-34(5)19(20(36)15-31)7-8-24-32(3)16-21(39)28(43)33(4,18-38)23(32)9-10-35(24,34)6/h7,20-29,37-43H,8-18H2,1-6H3/t20-,21-,22-,23-,24+,25-,26+,27-,28+,29+,32+,33+,34-,35-,36+/m1/s1. The van der Waals surface area contributed by atoms with Crippen LogP contribution in [0.3, 0.4) is 0 Å². The van der Waals surface area contributed by atoms with Crippen LogP contribution in [-0.4, -0.2) is 97.8 Å². The van der Waals surface area contributed by atoms with E-state index in [1.54, 1.807) is 0 Å². The first-order valence-corrected chi connectivity index (χ1v) is 17.5. The summed E-state index contributed by atoms with van der Waals surface area (Å²) in [5.41, 5.74) is -1.02. The van der Waals surface area contributed by atoms with Gasteiger partial charge in [-0.2, -0.15) is 0 Å². The number of allylic oxidation sites excluding steroid dienone is 2. The Labute approximate surface area is 273 Å². The van der Waals surface area contributed by atoms with Gasteiger partial charge in [-0.1, -0.05) is 53.2 Å². The summed E-state index contributed by atoms with van der Waals surface area (Å²) in [5, 5.41) is 73.8. The molecule has 46 heavy (non-hydrogen) atoms. The Morgan fingerprint density at radius 3 is 2.20 bits per heavy atom. The number of aliphatic hydroxyl groups is 7. The molecule has 0 aromatic carbocycles. The molecule has 0 amide bonds. The number of ether oxygens (including phenoxy) is 2. The van der Waals surface area contributed by atoms with Gasteiger partial charge in [0.05, 0.1) is 30.8 Å². The molecule has 15 atom stereocenters. The molecular weight excluding hydrogens is 592 g/mol. The lowest BCUT2D eigenvalue weighted by Crippen LogP contribution is -2.68. The smallest absolute Gasteiger partial charge is 0.315 e. The van der Waals surface area contributed by atoms with Crippen LogP contribution in [0.25, 0.3) is 0 Å². The molecule has 1 aliphatic heterocycles. The Kier molecular flexibility index (Phi) is 8.46. The van der Waals surface area contributed by atoms with Crippen LogP contribution in [0.2, 0.25) is 0 Å². The number of aliphatic hydroxyl groups excluding tert-OH is 7. The van der Waals surface area contributed by atoms with E-state index in [1.165, 1.54) is 5.57 Å². The number of carbonyl (C=O) groups is 1. The van der Waals surface area contributed by atoms with Gasteiger partial charge in [0.1, 0.15) is 24.4 Å². The second-order valence-corrected chi connectivity index (χ2v) is 17.9. The average molecular weight is 651 g/mol. The van der Waals surface area contributed by atoms with Crippen molar-refractivity contribution in [3.05, 3.63) is 11.6 Å². The third kappa shape index (κ3) is 4.60. The van der Waals surface area contributed by atoms with Crippen LogP contribution in [0.5, 0.6) is 0 Å². The summed E-state index contributed by atoms with van der Waals surface area (Å²) < 4.78 is 11.5. The van der Waals surface area contributed by atoms with Gasteiger partial charge in [0.2, 0.25) is 6.29 Å². The van der Waals surface area contributed by atoms with Crippen molar-refractivity contribution < 1.29 is 50.0 Å². The molecule has 262 valence electrons. The topological polar surface area (TPSA) is 177 Å². The van der Waals surface area contributed by atoms with Crippen LogP contribution in [0.4, 0.5) is 0 Å². The van der Waals surface area contributed by atoms with Crippen LogP contribution in [0.1, 0.15) is 99.3 Å². The molecule has 0 spiro atoms. The van der Waals surface area contributed by atoms with Crippen molar-refractivity contribution >= 4 is 5.97 Å². The van der Waals surface area contributed by atoms with Crippen molar-refractivity contribution in [1.82, 2.24) is 0 Å². The number of carbonyl (C=O) groups excluding carboxylic acids is 1. The fourth-order valence-electron chi connectivity index (χ4n) is 12.1. The van der Waals surface area contributed by atoms with Gasteiger partial charge in [-0.25, -0.2) is 0 Å². The van der Waals surface area contributed by atoms with Crippen molar-refractivity contribution in [2.45, 2.75) is 142 Å². The Morgan fingerprint density at radius 1 is 0.870 bits per heavy atom. The fourth-order valence-corrected chi connectivity index (χ4v) is 12.1. The van der Waals surface area contributed by atoms with Gasteiger partial charge in [-0.3, -0.25) is 4.79 Å². The predicted octanol–water partition coefficient (Wildman–Crippen LogP) is 2.44. The van der Waals surface area contributed by atoms with Gasteiger partial charge in [-0.15, -0.1) is 0 Å². The number of hydrogen-bond donors (Lipinski definition) is 7. The number of fused-ring (bicyclic) bond motifs is 7. The average Bonchev–Trinajstić information content (AvgIpc) is 3.00. The third-order valence-electron chi connectivity index (χ3n) is 15.2. The molecule has 0 aromatic heterocycles. The molecule has 5 fully saturated rings. The summed E-state index contributed by atoms with van der Waals surface area (Å²) in [6, 6.07) is 0. The summed E-state index contributed by atoms with van der Waals surface area (Å²) in [6.45, 7) is 12.7. The van der Waals surface area contributed by atoms with E-state index in [2.05, 4.69) is 40.7 Å². The number of esters is 1. The lowest BCUT2D eigenvalue weighted by atomic mass is 9.33. The van der Waals surface area contributed by atoms with E-state index in [1.807, 2.05) is 6.92 Å². The van der Waals surface area contributed by atoms with E-state index in [9.17, 15) is 40.5 Å². The molecule has 0 radical (unpaired) electrons. The first-order chi connectivity index (χ1) is 21.3. The molecule has 1 heterocycles. The number of rotatable bonds is 4. The highest BCUT2D eigenvalue weighted by Crippen LogP contribution is 2.75. The van der Waals surface area contributed by atoms with E-state index in [4.69, 9.17) is 9.47 Å². The molecule has 6 rings (SSSR count). The largest absolute Gasteiger partial charge is 0.432 e. The Bertz CT molecular complexity index is 1240. The Balaban J connectivity index is 1.36. The molecule has 0 bridgehead atoms. The van der Waals surface area contributed by atoms with Gasteiger partial charge in [-0.05, 0) is 97.2 Å². The molecule has 0 unspecified atom stereocenters. The minimum Gasteiger partial charge on any atom is -0.432 e. The lowest BCUT2D eigenvalue weighted by Gasteiger charge is -2.71. The minimum absolute atomic E-state index is 0.00930. The van der Waals surface area contributed by atoms with Gasteiger partial charge < -0.3 is 45.2 Å². The minimum atomic E-state index is -1.65. The summed E-state index contributed by atoms with van der Waals surface area (Å²) in [7, 11) is 0. The van der Waals surface area contributed by atoms with Crippen LogP contribution in [0, 0.1) is 50.2 Å². The fraction of sp³-hybridized carbons (Fsp3) is 0.917. The summed E-state index contributed by atoms with van der Waals surface area (Å²) in [6.07, 6.45) is -0.357. The van der Waals surface area contributed by atoms with Crippen molar-refractivity contribution in [3.63, 3.8) is 0 Å². The zero-order valence-corrected chi connectivity index (χ0v) is 28.5. The molecule has 10 nitrogen and oxygen atoms in total. The Hall–Kier alpha value is -1.11. The molecule has 7 N–H and O–H groups in total. The maximum Gasteiger partial charge on any atom is 0.315 e. The van der Waals surface area contributed by atoms with Crippen LogP contribution < -0.4 is 0 Å². The molecule has 4 saturated carbocycles. The molecule has 5 aliphatic carbocycles. The second-order valence-electron chi connectivity index (χ2n) is 17.9. The van der Waals surface area contributed by atoms with Crippen LogP contribution >= 0.6 is 0 Å². The van der Waals surface area contributed by atoms with E-state index in [0.29, 0.717) is 19.3 Å². The molecular formula is C36H58O10. The van der Waals surface area contributed by atoms with Gasteiger partial charge in [0.15, 0.2) is 0 Å². The second kappa shape index (κ2) is 11.2. The Morgan fingerprint density at radius 2 is 1.54 bits per heavy atom. The van der Waals surface area contributed by atoms with E-state index < -0.39 is 66.3 Å². The predicted molar refractivity (Wildman–Crippen MR) is 168 cm³/mol. The zero-order valence-electron chi connectivity index (χ0n) is 28.5. The summed E-state index contributed by atoms with van der Waals surface area (Å²) in [5.74, 6) is -0.293. The van der Waals surface area contributed by atoms with Crippen molar-refractivity contribution in [2.75, 3.05) is 13.2 Å². The van der Waals surface area contributed by atoms with Crippen LogP contribution in [0.15, 0.2) is 11.6 Å². The van der Waals surface area contributed by atoms with E-state index in [0.717, 1.165) is 38.5 Å². The van der Waals surface area contributed by atoms with Crippen molar-refractivity contribution in [3.8, 4) is 0 Å². The third-order valence-corrected chi connectivity index (χ3v) is 15.2. The first-order valence-electron chi connectivity index (χ1n) is 17.5. The van der Waals surface area contributed by atoms with Gasteiger partial charge >= 0.3 is 5.97 Å². The van der Waals surface area contributed by atoms with Crippen LogP contribution in [-0.2, 0) is 14.3 Å². The highest BCUT2D eigenvalue weighted by molar-refractivity contribution is 5.79. The van der Waals surface area contributed by atoms with E-state index >= 15 is 0 Å². The van der Waals surface area contributed by atoms with Gasteiger partial charge in [0, 0.05) is 5.41 Å². The number of hydrogen-bond acceptors (Lipinski definition) is 10. The van der Waals surface area contributed by atoms with E-state index in [-0.39, 0.29) is 46.0 Å². The SMILES string of the molecule is CC1(C)CC[C@]2(C(=O)O[C@@H]3O[C@H](CO)[C@@H](O)[C@H](O)[C@H]3O)CC[C@]3(C)C(=CC[C@H]4[C@@]5(C)C[C@@H](O)[C@H](O)[C@@](C)(CO)[C@@H]5CC[C@]43C)[C@H]2C1. The monoisotopic (exact) mass is 650 g/mol. The summed E-state index contributed by atoms with van der Waals surface area (Å²) >= 11 is 0. The highest BCUT2D eigenvalue weighted by Gasteiger charge is 2.71. The summed E-state index contributed by atoms with van der Waals surface area (Å²) in [4.78, 5) is 14.4. The molecule has 0 aromatic rings. The molecule has 10 heteroatoms. The zero-order chi connectivity index (χ0) is 33.8. The van der Waals surface area contributed by atoms with Crippen molar-refractivity contribution in [1.29, 1.82) is 0 Å². The van der Waals surface area contributed by atoms with Crippen molar-refractivity contribution in [2.24, 2.45) is 50.2 Å². The highest BCUT2D eigenvalue weighted by atomic mass is 16.7.